The fourth-order valence-electron chi connectivity index (χ4n) is 3.61. The first kappa shape index (κ1) is 30.1. The number of aliphatic hydroxyl groups excluding tert-OH is 1. The summed E-state index contributed by atoms with van der Waals surface area (Å²) >= 11 is 0. The number of phosphoric acid groups is 3. The molecule has 23 heteroatoms. The van der Waals surface area contributed by atoms with E-state index < -0.39 is 60.6 Å². The Balaban J connectivity index is 1.59. The van der Waals surface area contributed by atoms with Gasteiger partial charge < -0.3 is 50.1 Å². The first-order valence-corrected chi connectivity index (χ1v) is 15.0. The largest absolute Gasteiger partial charge is 0.756 e. The zero-order valence-electron chi connectivity index (χ0n) is 19.6. The molecule has 1 saturated heterocycles. The van der Waals surface area contributed by atoms with Crippen molar-refractivity contribution in [1.29, 1.82) is 0 Å². The van der Waals surface area contributed by atoms with E-state index >= 15 is 0 Å². The number of esters is 1. The molecule has 1 fully saturated rings. The summed E-state index contributed by atoms with van der Waals surface area (Å²) in [6.45, 7) is -1.14. The Morgan fingerprint density at radius 3 is 2.45 bits per heavy atom. The van der Waals surface area contributed by atoms with E-state index in [1.54, 1.807) is 0 Å². The number of carbonyl (C=O) groups is 1. The van der Waals surface area contributed by atoms with Gasteiger partial charge in [-0.3, -0.25) is 18.3 Å². The Kier molecular flexibility index (Phi) is 8.45. The van der Waals surface area contributed by atoms with Crippen molar-refractivity contribution in [2.45, 2.75) is 24.5 Å². The summed E-state index contributed by atoms with van der Waals surface area (Å²) in [7, 11) is -18.1. The van der Waals surface area contributed by atoms with Crippen LogP contribution in [0.2, 0.25) is 0 Å². The van der Waals surface area contributed by atoms with Crippen molar-refractivity contribution in [2.24, 2.45) is 0 Å². The number of aliphatic hydroxyl groups is 1. The molecule has 2 aromatic heterocycles. The van der Waals surface area contributed by atoms with Crippen molar-refractivity contribution in [3.8, 4) is 0 Å². The summed E-state index contributed by atoms with van der Waals surface area (Å²) in [6.07, 6.45) is -4.24. The Morgan fingerprint density at radius 1 is 1.07 bits per heavy atom. The molecule has 0 amide bonds. The molecule has 1 aromatic carbocycles. The number of rotatable bonds is 10. The third-order valence-corrected chi connectivity index (χ3v) is 8.89. The fraction of sp³-hybridized carbons (Fsp3) is 0.294. The molecular weight excluding hydrogens is 605 g/mol. The van der Waals surface area contributed by atoms with Gasteiger partial charge in [-0.05, 0) is 12.1 Å². The van der Waals surface area contributed by atoms with Gasteiger partial charge in [-0.2, -0.15) is 0 Å². The highest BCUT2D eigenvalue weighted by Gasteiger charge is 2.48. The minimum Gasteiger partial charge on any atom is -0.756 e. The molecule has 1 aliphatic rings. The van der Waals surface area contributed by atoms with Crippen LogP contribution >= 0.6 is 23.5 Å². The van der Waals surface area contributed by atoms with Crippen LogP contribution in [0.3, 0.4) is 0 Å². The number of carbonyl (C=O) groups excluding carboxylic acids is 1. The Hall–Kier alpha value is -2.83. The molecule has 4 unspecified atom stereocenters. The number of benzene rings is 1. The van der Waals surface area contributed by atoms with E-state index in [4.69, 9.17) is 25.8 Å². The van der Waals surface area contributed by atoms with Crippen LogP contribution in [0.4, 0.5) is 11.5 Å². The van der Waals surface area contributed by atoms with Crippen LogP contribution in [-0.2, 0) is 36.3 Å². The van der Waals surface area contributed by atoms with E-state index in [0.29, 0.717) is 0 Å². The minimum atomic E-state index is -6.18. The second kappa shape index (κ2) is 11.2. The molecule has 218 valence electrons. The van der Waals surface area contributed by atoms with Crippen LogP contribution < -0.4 is 26.1 Å². The summed E-state index contributed by atoms with van der Waals surface area (Å²) in [6, 6.07) is 5.72. The minimum absolute atomic E-state index is 0.0150. The molecule has 0 spiro atoms. The normalized spacial score (nSPS) is 25.6. The third-order valence-electron chi connectivity index (χ3n) is 5.19. The molecule has 1 aliphatic heterocycles. The second-order valence-corrected chi connectivity index (χ2v) is 12.2. The van der Waals surface area contributed by atoms with Gasteiger partial charge in [-0.15, -0.1) is 0 Å². The maximum atomic E-state index is 12.8. The zero-order chi connectivity index (χ0) is 29.5. The molecule has 0 radical (unpaired) electrons. The van der Waals surface area contributed by atoms with Gasteiger partial charge in [0.2, 0.25) is 0 Å². The lowest BCUT2D eigenvalue weighted by molar-refractivity contribution is -0.250. The predicted octanol–water partition coefficient (Wildman–Crippen LogP) is -2.08. The summed E-state index contributed by atoms with van der Waals surface area (Å²) in [5.41, 5.74) is 11.6. The quantitative estimate of drug-likeness (QED) is 0.107. The molecule has 0 bridgehead atoms. The van der Waals surface area contributed by atoms with E-state index in [0.717, 1.165) is 12.7 Å². The lowest BCUT2D eigenvalue weighted by Crippen LogP contribution is -2.38. The number of ether oxygens (including phenoxy) is 2. The first-order chi connectivity index (χ1) is 18.6. The molecule has 7 atom stereocenters. The number of para-hydroxylation sites is 1. The van der Waals surface area contributed by atoms with Crippen LogP contribution in [0.15, 0.2) is 36.9 Å². The van der Waals surface area contributed by atoms with E-state index in [1.165, 1.54) is 28.8 Å². The number of nitrogen functional groups attached to an aromatic ring is 2. The maximum absolute atomic E-state index is 12.8. The van der Waals surface area contributed by atoms with Gasteiger partial charge in [0.05, 0.1) is 18.5 Å². The van der Waals surface area contributed by atoms with Crippen molar-refractivity contribution in [3.05, 3.63) is 42.5 Å². The number of aromatic nitrogens is 4. The average molecular weight is 623 g/mol. The van der Waals surface area contributed by atoms with E-state index in [9.17, 15) is 38.3 Å². The number of phosphoric ester groups is 1. The van der Waals surface area contributed by atoms with E-state index in [2.05, 4.69) is 28.1 Å². The molecular formula is C17H18N6O14P3-3. The van der Waals surface area contributed by atoms with Crippen molar-refractivity contribution < 1.29 is 65.8 Å². The Labute approximate surface area is 222 Å². The first-order valence-electron chi connectivity index (χ1n) is 10.6. The standard InChI is InChI=1S/C17H21N6O14P3/c18-9-4-2-1-3-8(9)17(25)35-13-10(5-33-39(29,30)37-40(31,32)36-38(26,27)28)34-16(12(13)24)23-7-22-11-14(19)20-6-21-15(11)23/h1-4,6-7,10,12-13,16,24H,5,18H2,(H,29,30)(H,31,32)(H2,19,20,21)(H2,26,27,28)/p-3/t10-,12+,13?,16-/m1/s1. The van der Waals surface area contributed by atoms with Gasteiger partial charge in [0.1, 0.15) is 24.1 Å². The number of fused-ring (bicyclic) bond motifs is 1. The summed E-state index contributed by atoms with van der Waals surface area (Å²) in [5, 5.41) is 11.0. The summed E-state index contributed by atoms with van der Waals surface area (Å²) in [4.78, 5) is 67.3. The molecule has 3 aromatic rings. The lowest BCUT2D eigenvalue weighted by atomic mass is 10.1. The average Bonchev–Trinajstić information content (AvgIpc) is 3.38. The van der Waals surface area contributed by atoms with E-state index in [-0.39, 0.29) is 28.2 Å². The molecule has 6 N–H and O–H groups in total. The topological polar surface area (TPSA) is 320 Å². The van der Waals surface area contributed by atoms with Gasteiger partial charge >= 0.3 is 5.97 Å². The van der Waals surface area contributed by atoms with Gasteiger partial charge in [-0.1, -0.05) is 12.1 Å². The molecule has 40 heavy (non-hydrogen) atoms. The van der Waals surface area contributed by atoms with Crippen molar-refractivity contribution >= 4 is 52.1 Å². The highest BCUT2D eigenvalue weighted by Crippen LogP contribution is 2.61. The lowest BCUT2D eigenvalue weighted by Gasteiger charge is -2.33. The number of hydrogen-bond acceptors (Lipinski definition) is 18. The van der Waals surface area contributed by atoms with Crippen LogP contribution in [0.5, 0.6) is 0 Å². The SMILES string of the molecule is Nc1ccccc1C(=O)OC1[C@@H](COP(=O)([O-])OP(=O)([O-])OP(=O)([O-])O)O[C@@H](n2cnc3c(N)ncnc32)[C@H]1O. The number of anilines is 2. The maximum Gasteiger partial charge on any atom is 0.340 e. The van der Waals surface area contributed by atoms with Crippen LogP contribution in [0.25, 0.3) is 11.2 Å². The number of hydrogen-bond donors (Lipinski definition) is 4. The second-order valence-electron chi connectivity index (χ2n) is 7.92. The summed E-state index contributed by atoms with van der Waals surface area (Å²) in [5.74, 6) is -1.07. The zero-order valence-corrected chi connectivity index (χ0v) is 22.2. The van der Waals surface area contributed by atoms with Gasteiger partial charge in [0, 0.05) is 5.69 Å². The van der Waals surface area contributed by atoms with Gasteiger partial charge in [0.25, 0.3) is 23.5 Å². The smallest absolute Gasteiger partial charge is 0.340 e. The highest BCUT2D eigenvalue weighted by atomic mass is 31.3. The predicted molar refractivity (Wildman–Crippen MR) is 123 cm³/mol. The van der Waals surface area contributed by atoms with Crippen molar-refractivity contribution in [2.75, 3.05) is 18.1 Å². The number of imidazole rings is 1. The monoisotopic (exact) mass is 623 g/mol. The summed E-state index contributed by atoms with van der Waals surface area (Å²) < 4.78 is 57.6. The van der Waals surface area contributed by atoms with Crippen LogP contribution in [-0.4, -0.2) is 60.4 Å². The molecule has 0 saturated carbocycles. The molecule has 3 heterocycles. The Bertz CT molecular complexity index is 1560. The fourth-order valence-corrected chi connectivity index (χ4v) is 6.50. The third kappa shape index (κ3) is 6.90. The number of nitrogens with zero attached hydrogens (tertiary/aromatic N) is 4. The van der Waals surface area contributed by atoms with Gasteiger partial charge in [-0.25, -0.2) is 28.4 Å². The van der Waals surface area contributed by atoms with Crippen LogP contribution in [0, 0.1) is 0 Å². The van der Waals surface area contributed by atoms with Crippen molar-refractivity contribution in [1.82, 2.24) is 19.5 Å². The van der Waals surface area contributed by atoms with Gasteiger partial charge in [0.15, 0.2) is 23.8 Å². The molecule has 0 aliphatic carbocycles. The highest BCUT2D eigenvalue weighted by molar-refractivity contribution is 7.65. The number of nitrogens with two attached hydrogens (primary N) is 2. The molecule has 4 rings (SSSR count). The Morgan fingerprint density at radius 2 is 1.77 bits per heavy atom. The molecule has 20 nitrogen and oxygen atoms in total. The van der Waals surface area contributed by atoms with Crippen molar-refractivity contribution in [3.63, 3.8) is 0 Å². The van der Waals surface area contributed by atoms with Crippen LogP contribution in [0.1, 0.15) is 16.6 Å². The van der Waals surface area contributed by atoms with E-state index in [1.807, 2.05) is 0 Å².